The topological polar surface area (TPSA) is 79.5 Å². The van der Waals surface area contributed by atoms with Gasteiger partial charge in [-0.25, -0.2) is 0 Å². The molecular weight excluding hydrogens is 258 g/mol. The maximum absolute atomic E-state index is 11.3. The van der Waals surface area contributed by atoms with Crippen molar-refractivity contribution < 1.29 is 19.1 Å². The number of carboxylic acid groups (broad SMARTS) is 1. The molecule has 0 saturated carbocycles. The lowest BCUT2D eigenvalue weighted by molar-refractivity contribution is -0.137. The summed E-state index contributed by atoms with van der Waals surface area (Å²) in [4.78, 5) is 22.3. The number of aliphatic carboxylic acids is 1. The van der Waals surface area contributed by atoms with Crippen LogP contribution in [0.15, 0.2) is 35.3 Å². The Morgan fingerprint density at radius 3 is 2.85 bits per heavy atom. The van der Waals surface area contributed by atoms with Crippen molar-refractivity contribution in [1.29, 1.82) is 0 Å². The number of benzene rings is 1. The highest BCUT2D eigenvalue weighted by Gasteiger charge is 2.19. The second-order valence-corrected chi connectivity index (χ2v) is 4.48. The van der Waals surface area contributed by atoms with Crippen LogP contribution < -0.4 is 16.0 Å². The predicted molar refractivity (Wildman–Crippen MR) is 74.3 cm³/mol. The van der Waals surface area contributed by atoms with Crippen molar-refractivity contribution in [3.63, 3.8) is 0 Å². The second-order valence-electron chi connectivity index (χ2n) is 4.48. The molecule has 1 atom stereocenters. The zero-order chi connectivity index (χ0) is 14.3. The van der Waals surface area contributed by atoms with Crippen molar-refractivity contribution in [2.24, 2.45) is 5.92 Å². The van der Waals surface area contributed by atoms with Crippen molar-refractivity contribution >= 4 is 40.7 Å². The van der Waals surface area contributed by atoms with Crippen LogP contribution in [0.2, 0.25) is 0 Å². The van der Waals surface area contributed by atoms with E-state index in [-0.39, 0.29) is 5.91 Å². The summed E-state index contributed by atoms with van der Waals surface area (Å²) < 4.78 is 5.59. The van der Waals surface area contributed by atoms with Gasteiger partial charge in [-0.05, 0) is 30.4 Å². The van der Waals surface area contributed by atoms with Gasteiger partial charge in [0, 0.05) is 16.3 Å². The van der Waals surface area contributed by atoms with Gasteiger partial charge in [-0.2, -0.15) is 0 Å². The van der Waals surface area contributed by atoms with Gasteiger partial charge in [0.15, 0.2) is 0 Å². The Morgan fingerprint density at radius 2 is 2.15 bits per heavy atom. The molecular formula is C15H11NO4. The molecule has 1 aromatic heterocycles. The molecule has 1 unspecified atom stereocenters. The highest BCUT2D eigenvalue weighted by atomic mass is 16.4. The molecule has 1 heterocycles. The SMILES string of the molecule is C=CC(=O)Nc1ccc2oc3c(c2c1)=CC(C(=O)O)C=3. The number of rotatable bonds is 3. The average Bonchev–Trinajstić information content (AvgIpc) is 2.96. The molecule has 2 aromatic rings. The van der Waals surface area contributed by atoms with Crippen molar-refractivity contribution in [2.45, 2.75) is 0 Å². The number of fused-ring (bicyclic) bond motifs is 3. The van der Waals surface area contributed by atoms with Gasteiger partial charge in [0.2, 0.25) is 5.91 Å². The lowest BCUT2D eigenvalue weighted by Crippen LogP contribution is -2.15. The van der Waals surface area contributed by atoms with Crippen LogP contribution in [-0.2, 0) is 9.59 Å². The van der Waals surface area contributed by atoms with Crippen LogP contribution in [0.5, 0.6) is 0 Å². The van der Waals surface area contributed by atoms with Crippen LogP contribution in [0.25, 0.3) is 23.1 Å². The van der Waals surface area contributed by atoms with E-state index in [1.165, 1.54) is 6.08 Å². The van der Waals surface area contributed by atoms with E-state index in [9.17, 15) is 9.59 Å². The first-order chi connectivity index (χ1) is 9.58. The maximum Gasteiger partial charge on any atom is 0.314 e. The summed E-state index contributed by atoms with van der Waals surface area (Å²) in [5.74, 6) is -1.89. The first-order valence-electron chi connectivity index (χ1n) is 6.01. The van der Waals surface area contributed by atoms with E-state index in [2.05, 4.69) is 11.9 Å². The van der Waals surface area contributed by atoms with Gasteiger partial charge in [0.25, 0.3) is 0 Å². The third-order valence-electron chi connectivity index (χ3n) is 3.17. The van der Waals surface area contributed by atoms with Crippen LogP contribution in [0.1, 0.15) is 0 Å². The van der Waals surface area contributed by atoms with Gasteiger partial charge in [0.05, 0.1) is 5.92 Å². The van der Waals surface area contributed by atoms with Crippen molar-refractivity contribution in [2.75, 3.05) is 5.32 Å². The third kappa shape index (κ3) is 1.89. The van der Waals surface area contributed by atoms with Gasteiger partial charge >= 0.3 is 5.97 Å². The minimum absolute atomic E-state index is 0.302. The van der Waals surface area contributed by atoms with E-state index in [1.807, 2.05) is 0 Å². The Kier molecular flexibility index (Phi) is 2.68. The van der Waals surface area contributed by atoms with Gasteiger partial charge in [-0.1, -0.05) is 12.7 Å². The number of hydrogen-bond acceptors (Lipinski definition) is 3. The summed E-state index contributed by atoms with van der Waals surface area (Å²) in [5, 5.41) is 13.2. The molecule has 0 aliphatic heterocycles. The summed E-state index contributed by atoms with van der Waals surface area (Å²) >= 11 is 0. The van der Waals surface area contributed by atoms with Gasteiger partial charge in [0.1, 0.15) is 11.0 Å². The second kappa shape index (κ2) is 4.38. The monoisotopic (exact) mass is 269 g/mol. The predicted octanol–water partition coefficient (Wildman–Crippen LogP) is 0.833. The van der Waals surface area contributed by atoms with Gasteiger partial charge in [-0.3, -0.25) is 9.59 Å². The van der Waals surface area contributed by atoms with Crippen molar-refractivity contribution in [1.82, 2.24) is 0 Å². The molecule has 1 aliphatic carbocycles. The number of amides is 1. The Hall–Kier alpha value is -2.82. The minimum Gasteiger partial charge on any atom is -0.481 e. The molecule has 1 aromatic carbocycles. The van der Waals surface area contributed by atoms with E-state index in [1.54, 1.807) is 30.4 Å². The zero-order valence-electron chi connectivity index (χ0n) is 10.4. The maximum atomic E-state index is 11.3. The Labute approximate surface area is 113 Å². The molecule has 1 amide bonds. The van der Waals surface area contributed by atoms with Crippen molar-refractivity contribution in [3.05, 3.63) is 41.5 Å². The van der Waals surface area contributed by atoms with E-state index >= 15 is 0 Å². The van der Waals surface area contributed by atoms with Crippen LogP contribution in [0, 0.1) is 5.92 Å². The molecule has 0 spiro atoms. The van der Waals surface area contributed by atoms with Gasteiger partial charge < -0.3 is 14.8 Å². The molecule has 3 rings (SSSR count). The molecule has 5 heteroatoms. The number of carbonyl (C=O) groups excluding carboxylic acids is 1. The molecule has 100 valence electrons. The van der Waals surface area contributed by atoms with Gasteiger partial charge in [-0.15, -0.1) is 0 Å². The molecule has 20 heavy (non-hydrogen) atoms. The summed E-state index contributed by atoms with van der Waals surface area (Å²) in [6.45, 7) is 3.39. The number of nitrogens with one attached hydrogen (secondary N) is 1. The molecule has 0 saturated heterocycles. The summed E-state index contributed by atoms with van der Waals surface area (Å²) in [6, 6.07) is 5.22. The number of carboxylic acids is 1. The van der Waals surface area contributed by atoms with E-state index in [0.29, 0.717) is 16.7 Å². The Bertz CT molecular complexity index is 860. The van der Waals surface area contributed by atoms with E-state index in [0.717, 1.165) is 10.6 Å². The largest absolute Gasteiger partial charge is 0.481 e. The molecule has 0 radical (unpaired) electrons. The molecule has 2 N–H and O–H groups in total. The number of furan rings is 1. The summed E-state index contributed by atoms with van der Waals surface area (Å²) in [5.41, 5.74) is 1.82. The molecule has 1 aliphatic rings. The average molecular weight is 269 g/mol. The molecule has 5 nitrogen and oxygen atoms in total. The lowest BCUT2D eigenvalue weighted by atomic mass is 10.1. The van der Waals surface area contributed by atoms with Crippen LogP contribution >= 0.6 is 0 Å². The van der Waals surface area contributed by atoms with E-state index in [4.69, 9.17) is 9.52 Å². The summed E-state index contributed by atoms with van der Waals surface area (Å²) in [7, 11) is 0. The standard InChI is InChI=1S/C15H11NO4/c1-2-14(17)16-9-3-4-12-11(7-9)10-5-8(15(18)19)6-13(10)20-12/h2-8H,1H2,(H,16,17)(H,18,19). The van der Waals surface area contributed by atoms with Crippen LogP contribution in [0.4, 0.5) is 5.69 Å². The number of anilines is 1. The first kappa shape index (κ1) is 12.2. The smallest absolute Gasteiger partial charge is 0.314 e. The fraction of sp³-hybridized carbons (Fsp3) is 0.0667. The fourth-order valence-corrected chi connectivity index (χ4v) is 2.24. The first-order valence-corrected chi connectivity index (χ1v) is 6.01. The molecule has 0 bridgehead atoms. The highest BCUT2D eigenvalue weighted by Crippen LogP contribution is 2.18. The lowest BCUT2D eigenvalue weighted by Gasteiger charge is -2.01. The normalized spacial score (nSPS) is 16.1. The number of hydrogen-bond donors (Lipinski definition) is 2. The number of carbonyl (C=O) groups is 2. The van der Waals surface area contributed by atoms with Crippen molar-refractivity contribution in [3.8, 4) is 0 Å². The van der Waals surface area contributed by atoms with Crippen LogP contribution in [-0.4, -0.2) is 17.0 Å². The molecule has 0 fully saturated rings. The highest BCUT2D eigenvalue weighted by molar-refractivity contribution is 6.00. The fourth-order valence-electron chi connectivity index (χ4n) is 2.24. The Morgan fingerprint density at radius 1 is 1.35 bits per heavy atom. The Balaban J connectivity index is 2.12. The zero-order valence-corrected chi connectivity index (χ0v) is 10.4. The third-order valence-corrected chi connectivity index (χ3v) is 3.17. The quantitative estimate of drug-likeness (QED) is 0.809. The summed E-state index contributed by atoms with van der Waals surface area (Å²) in [6.07, 6.45) is 4.40. The van der Waals surface area contributed by atoms with Crippen LogP contribution in [0.3, 0.4) is 0 Å². The van der Waals surface area contributed by atoms with E-state index < -0.39 is 11.9 Å². The minimum atomic E-state index is -0.916.